The van der Waals surface area contributed by atoms with Crippen molar-refractivity contribution < 1.29 is 0 Å². The largest absolute Gasteiger partial charge is 0.354 e. The summed E-state index contributed by atoms with van der Waals surface area (Å²) >= 11 is 1.54. The SMILES string of the molecule is CCC[N+](C)(C)c1nc(NCC)nc(SC)n1. The van der Waals surface area contributed by atoms with Gasteiger partial charge in [0.1, 0.15) is 0 Å². The number of hydrogen-bond donors (Lipinski definition) is 1. The average Bonchev–Trinajstić information content (AvgIpc) is 2.29. The molecule has 0 bridgehead atoms. The molecule has 0 saturated carbocycles. The quantitative estimate of drug-likeness (QED) is 0.623. The lowest BCUT2D eigenvalue weighted by atomic mass is 10.4. The Hall–Kier alpha value is -0.880. The zero-order valence-electron chi connectivity index (χ0n) is 11.3. The Morgan fingerprint density at radius 1 is 1.18 bits per heavy atom. The molecule has 1 N–H and O–H groups in total. The van der Waals surface area contributed by atoms with Gasteiger partial charge in [-0.25, -0.2) is 0 Å². The number of anilines is 1. The maximum atomic E-state index is 4.50. The molecule has 1 aromatic rings. The molecule has 0 amide bonds. The molecule has 0 aliphatic heterocycles. The average molecular weight is 256 g/mol. The smallest absolute Gasteiger partial charge is 0.334 e. The van der Waals surface area contributed by atoms with Crippen LogP contribution in [0.2, 0.25) is 0 Å². The van der Waals surface area contributed by atoms with Gasteiger partial charge in [0, 0.05) is 6.54 Å². The van der Waals surface area contributed by atoms with Crippen LogP contribution in [-0.2, 0) is 0 Å². The molecule has 17 heavy (non-hydrogen) atoms. The van der Waals surface area contributed by atoms with Crippen LogP contribution in [-0.4, -0.2) is 48.4 Å². The number of rotatable bonds is 6. The van der Waals surface area contributed by atoms with Gasteiger partial charge >= 0.3 is 5.95 Å². The summed E-state index contributed by atoms with van der Waals surface area (Å²) in [5.41, 5.74) is 0. The van der Waals surface area contributed by atoms with Gasteiger partial charge in [-0.05, 0) is 19.6 Å². The Kier molecular flexibility index (Phi) is 5.14. The van der Waals surface area contributed by atoms with Crippen LogP contribution >= 0.6 is 11.8 Å². The summed E-state index contributed by atoms with van der Waals surface area (Å²) in [6.07, 6.45) is 3.08. The highest BCUT2D eigenvalue weighted by Gasteiger charge is 2.23. The molecular formula is C11H22N5S+. The first-order valence-electron chi connectivity index (χ1n) is 5.91. The maximum Gasteiger partial charge on any atom is 0.334 e. The summed E-state index contributed by atoms with van der Waals surface area (Å²) in [7, 11) is 4.25. The van der Waals surface area contributed by atoms with Gasteiger partial charge in [-0.3, -0.25) is 4.48 Å². The van der Waals surface area contributed by atoms with E-state index in [9.17, 15) is 0 Å². The second kappa shape index (κ2) is 6.16. The number of hydrogen-bond acceptors (Lipinski definition) is 5. The topological polar surface area (TPSA) is 50.7 Å². The number of nitrogens with one attached hydrogen (secondary N) is 1. The molecule has 0 fully saturated rings. The molecule has 1 rings (SSSR count). The van der Waals surface area contributed by atoms with E-state index in [1.165, 1.54) is 0 Å². The van der Waals surface area contributed by atoms with Gasteiger partial charge in [-0.15, -0.1) is 4.98 Å². The molecule has 0 aliphatic carbocycles. The molecule has 1 aromatic heterocycles. The predicted molar refractivity (Wildman–Crippen MR) is 74.6 cm³/mol. The van der Waals surface area contributed by atoms with Gasteiger partial charge in [0.05, 0.1) is 20.6 Å². The summed E-state index contributed by atoms with van der Waals surface area (Å²) in [6, 6.07) is 0. The van der Waals surface area contributed by atoms with Crippen LogP contribution in [0, 0.1) is 0 Å². The standard InChI is InChI=1S/C11H22N5S/c1-6-8-16(3,4)10-13-9(12-7-2)14-11(15-10)17-5/h6-8H2,1-5H3,(H,12,13,14,15)/q+1. The van der Waals surface area contributed by atoms with E-state index in [0.717, 1.165) is 30.6 Å². The zero-order valence-corrected chi connectivity index (χ0v) is 12.1. The maximum absolute atomic E-state index is 4.50. The summed E-state index contributed by atoms with van der Waals surface area (Å²) < 4.78 is 0.685. The first kappa shape index (κ1) is 14.2. The third-order valence-corrected chi connectivity index (χ3v) is 2.99. The second-order valence-corrected chi connectivity index (χ2v) is 5.16. The molecule has 0 spiro atoms. The van der Waals surface area contributed by atoms with Crippen LogP contribution < -0.4 is 9.80 Å². The van der Waals surface area contributed by atoms with Crippen molar-refractivity contribution in [1.29, 1.82) is 0 Å². The highest BCUT2D eigenvalue weighted by atomic mass is 32.2. The number of aromatic nitrogens is 3. The fourth-order valence-electron chi connectivity index (χ4n) is 1.60. The molecule has 96 valence electrons. The predicted octanol–water partition coefficient (Wildman–Crippen LogP) is 2.00. The van der Waals surface area contributed by atoms with Gasteiger partial charge in [0.2, 0.25) is 5.95 Å². The lowest BCUT2D eigenvalue weighted by Gasteiger charge is -2.26. The van der Waals surface area contributed by atoms with E-state index in [0.29, 0.717) is 10.4 Å². The van der Waals surface area contributed by atoms with E-state index in [-0.39, 0.29) is 0 Å². The van der Waals surface area contributed by atoms with E-state index in [1.54, 1.807) is 11.8 Å². The second-order valence-electron chi connectivity index (χ2n) is 4.38. The Labute approximate surface area is 108 Å². The highest BCUT2D eigenvalue weighted by molar-refractivity contribution is 7.98. The van der Waals surface area contributed by atoms with Crippen LogP contribution in [0.1, 0.15) is 20.3 Å². The van der Waals surface area contributed by atoms with Crippen molar-refractivity contribution in [3.63, 3.8) is 0 Å². The van der Waals surface area contributed by atoms with Crippen molar-refractivity contribution in [2.45, 2.75) is 25.4 Å². The van der Waals surface area contributed by atoms with Crippen molar-refractivity contribution in [3.05, 3.63) is 0 Å². The normalized spacial score (nSPS) is 11.6. The molecule has 0 radical (unpaired) electrons. The van der Waals surface area contributed by atoms with Crippen molar-refractivity contribution in [2.75, 3.05) is 38.8 Å². The van der Waals surface area contributed by atoms with Crippen molar-refractivity contribution in [3.8, 4) is 0 Å². The molecule has 0 unspecified atom stereocenters. The lowest BCUT2D eigenvalue weighted by Crippen LogP contribution is -2.42. The van der Waals surface area contributed by atoms with Gasteiger partial charge in [-0.1, -0.05) is 18.7 Å². The number of thioether (sulfide) groups is 1. The van der Waals surface area contributed by atoms with E-state index < -0.39 is 0 Å². The minimum Gasteiger partial charge on any atom is -0.354 e. The van der Waals surface area contributed by atoms with E-state index in [1.807, 2.05) is 13.2 Å². The third-order valence-electron chi connectivity index (χ3n) is 2.44. The molecule has 0 aliphatic rings. The van der Waals surface area contributed by atoms with Crippen LogP contribution in [0.25, 0.3) is 0 Å². The Morgan fingerprint density at radius 3 is 2.41 bits per heavy atom. The lowest BCUT2D eigenvalue weighted by molar-refractivity contribution is 0.374. The van der Waals surface area contributed by atoms with Crippen LogP contribution in [0.3, 0.4) is 0 Å². The summed E-state index contributed by atoms with van der Waals surface area (Å²) in [6.45, 7) is 6.04. The molecule has 0 aromatic carbocycles. The Bertz CT molecular complexity index is 367. The highest BCUT2D eigenvalue weighted by Crippen LogP contribution is 2.19. The number of nitrogens with zero attached hydrogens (tertiary/aromatic N) is 4. The van der Waals surface area contributed by atoms with Crippen LogP contribution in [0.15, 0.2) is 5.16 Å². The monoisotopic (exact) mass is 256 g/mol. The van der Waals surface area contributed by atoms with Crippen molar-refractivity contribution in [1.82, 2.24) is 19.4 Å². The van der Waals surface area contributed by atoms with E-state index in [2.05, 4.69) is 41.3 Å². The minimum absolute atomic E-state index is 0.671. The van der Waals surface area contributed by atoms with E-state index >= 15 is 0 Å². The fraction of sp³-hybridized carbons (Fsp3) is 0.727. The molecule has 6 heteroatoms. The van der Waals surface area contributed by atoms with Crippen molar-refractivity contribution in [2.24, 2.45) is 0 Å². The van der Waals surface area contributed by atoms with Gasteiger partial charge in [0.25, 0.3) is 0 Å². The van der Waals surface area contributed by atoms with Gasteiger partial charge < -0.3 is 5.32 Å². The summed E-state index contributed by atoms with van der Waals surface area (Å²) in [4.78, 5) is 13.3. The molecule has 5 nitrogen and oxygen atoms in total. The molecule has 0 atom stereocenters. The molecule has 0 saturated heterocycles. The zero-order chi connectivity index (χ0) is 12.9. The van der Waals surface area contributed by atoms with Crippen molar-refractivity contribution >= 4 is 23.7 Å². The van der Waals surface area contributed by atoms with Gasteiger partial charge in [-0.2, -0.15) is 9.97 Å². The number of quaternary nitrogens is 1. The van der Waals surface area contributed by atoms with Crippen LogP contribution in [0.4, 0.5) is 11.9 Å². The minimum atomic E-state index is 0.671. The summed E-state index contributed by atoms with van der Waals surface area (Å²) in [5, 5.41) is 3.92. The summed E-state index contributed by atoms with van der Waals surface area (Å²) in [5.74, 6) is 1.49. The van der Waals surface area contributed by atoms with Gasteiger partial charge in [0.15, 0.2) is 5.16 Å². The van der Waals surface area contributed by atoms with E-state index in [4.69, 9.17) is 0 Å². The first-order chi connectivity index (χ1) is 8.03. The Balaban J connectivity index is 3.09. The molecule has 1 heterocycles. The molecular weight excluding hydrogens is 234 g/mol. The Morgan fingerprint density at radius 2 is 1.88 bits per heavy atom. The first-order valence-corrected chi connectivity index (χ1v) is 7.13. The third kappa shape index (κ3) is 3.81. The van der Waals surface area contributed by atoms with Crippen LogP contribution in [0.5, 0.6) is 0 Å². The fourth-order valence-corrected chi connectivity index (χ4v) is 1.95.